The molecule has 1 N–H and O–H groups in total. The molecule has 0 atom stereocenters. The summed E-state index contributed by atoms with van der Waals surface area (Å²) in [6, 6.07) is 0.781. The SMILES string of the molecule is CCCN1CCC(NC)CC1. The zero-order valence-electron chi connectivity index (χ0n) is 7.77. The van der Waals surface area contributed by atoms with Gasteiger partial charge < -0.3 is 10.2 Å². The lowest BCUT2D eigenvalue weighted by Gasteiger charge is -2.31. The molecule has 1 rings (SSSR count). The first-order valence-corrected chi connectivity index (χ1v) is 4.76. The number of hydrogen-bond acceptors (Lipinski definition) is 2. The summed E-state index contributed by atoms with van der Waals surface area (Å²) in [6.07, 6.45) is 3.96. The first-order valence-electron chi connectivity index (χ1n) is 4.76. The summed E-state index contributed by atoms with van der Waals surface area (Å²) >= 11 is 0. The predicted octanol–water partition coefficient (Wildman–Crippen LogP) is 1.08. The Morgan fingerprint density at radius 1 is 1.36 bits per heavy atom. The van der Waals surface area contributed by atoms with Crippen molar-refractivity contribution in [2.75, 3.05) is 26.7 Å². The molecule has 66 valence electrons. The molecule has 1 heterocycles. The molecule has 2 nitrogen and oxygen atoms in total. The minimum absolute atomic E-state index is 0.781. The van der Waals surface area contributed by atoms with Crippen LogP contribution >= 0.6 is 0 Å². The third kappa shape index (κ3) is 2.80. The van der Waals surface area contributed by atoms with Crippen LogP contribution in [0, 0.1) is 0 Å². The normalized spacial score (nSPS) is 22.4. The van der Waals surface area contributed by atoms with E-state index in [0.29, 0.717) is 0 Å². The van der Waals surface area contributed by atoms with Gasteiger partial charge in [-0.1, -0.05) is 6.92 Å². The van der Waals surface area contributed by atoms with E-state index in [9.17, 15) is 0 Å². The van der Waals surface area contributed by atoms with Crippen molar-refractivity contribution in [3.8, 4) is 0 Å². The maximum atomic E-state index is 3.34. The summed E-state index contributed by atoms with van der Waals surface area (Å²) in [5.74, 6) is 0. The Labute approximate surface area is 70.0 Å². The van der Waals surface area contributed by atoms with Crippen molar-refractivity contribution in [1.82, 2.24) is 10.2 Å². The minimum atomic E-state index is 0.781. The van der Waals surface area contributed by atoms with Crippen molar-refractivity contribution in [1.29, 1.82) is 0 Å². The van der Waals surface area contributed by atoms with Gasteiger partial charge in [-0.15, -0.1) is 0 Å². The second-order valence-corrected chi connectivity index (χ2v) is 3.40. The lowest BCUT2D eigenvalue weighted by atomic mass is 10.1. The van der Waals surface area contributed by atoms with Gasteiger partial charge >= 0.3 is 0 Å². The van der Waals surface area contributed by atoms with E-state index in [1.165, 1.54) is 38.9 Å². The van der Waals surface area contributed by atoms with E-state index in [1.807, 2.05) is 0 Å². The van der Waals surface area contributed by atoms with E-state index in [-0.39, 0.29) is 0 Å². The van der Waals surface area contributed by atoms with E-state index in [4.69, 9.17) is 0 Å². The van der Waals surface area contributed by atoms with E-state index >= 15 is 0 Å². The van der Waals surface area contributed by atoms with Crippen molar-refractivity contribution < 1.29 is 0 Å². The summed E-state index contributed by atoms with van der Waals surface area (Å²) in [7, 11) is 2.07. The molecule has 1 fully saturated rings. The van der Waals surface area contributed by atoms with Gasteiger partial charge in [0, 0.05) is 6.04 Å². The molecule has 0 aromatic carbocycles. The first kappa shape index (κ1) is 9.01. The second-order valence-electron chi connectivity index (χ2n) is 3.40. The van der Waals surface area contributed by atoms with Gasteiger partial charge in [0.25, 0.3) is 0 Å². The Kier molecular flexibility index (Phi) is 3.87. The van der Waals surface area contributed by atoms with Crippen molar-refractivity contribution in [2.45, 2.75) is 32.2 Å². The molecule has 1 saturated heterocycles. The lowest BCUT2D eigenvalue weighted by molar-refractivity contribution is 0.202. The summed E-state index contributed by atoms with van der Waals surface area (Å²) < 4.78 is 0. The van der Waals surface area contributed by atoms with Crippen LogP contribution in [0.5, 0.6) is 0 Å². The third-order valence-corrected chi connectivity index (χ3v) is 2.54. The molecule has 2 heteroatoms. The van der Waals surface area contributed by atoms with Crippen LogP contribution < -0.4 is 5.32 Å². The predicted molar refractivity (Wildman–Crippen MR) is 48.8 cm³/mol. The van der Waals surface area contributed by atoms with Gasteiger partial charge in [0.1, 0.15) is 0 Å². The van der Waals surface area contributed by atoms with Crippen LogP contribution in [0.4, 0.5) is 0 Å². The van der Waals surface area contributed by atoms with Crippen molar-refractivity contribution in [3.63, 3.8) is 0 Å². The average molecular weight is 156 g/mol. The van der Waals surface area contributed by atoms with Gasteiger partial charge in [-0.2, -0.15) is 0 Å². The van der Waals surface area contributed by atoms with Gasteiger partial charge in [0.05, 0.1) is 0 Å². The highest BCUT2D eigenvalue weighted by Gasteiger charge is 2.15. The molecular formula is C9H20N2. The van der Waals surface area contributed by atoms with Crippen LogP contribution in [0.25, 0.3) is 0 Å². The van der Waals surface area contributed by atoms with Gasteiger partial charge in [-0.05, 0) is 45.9 Å². The molecule has 11 heavy (non-hydrogen) atoms. The number of likely N-dealkylation sites (tertiary alicyclic amines) is 1. The third-order valence-electron chi connectivity index (χ3n) is 2.54. The molecule has 1 aliphatic rings. The summed E-state index contributed by atoms with van der Waals surface area (Å²) in [5.41, 5.74) is 0. The molecule has 0 aliphatic carbocycles. The van der Waals surface area contributed by atoms with Crippen LogP contribution in [0.3, 0.4) is 0 Å². The highest BCUT2D eigenvalue weighted by Crippen LogP contribution is 2.09. The molecule has 0 aromatic rings. The average Bonchev–Trinajstić information content (AvgIpc) is 2.07. The van der Waals surface area contributed by atoms with Crippen LogP contribution in [0.2, 0.25) is 0 Å². The lowest BCUT2D eigenvalue weighted by Crippen LogP contribution is -2.41. The topological polar surface area (TPSA) is 15.3 Å². The maximum Gasteiger partial charge on any atom is 0.00884 e. The molecule has 0 aromatic heterocycles. The maximum absolute atomic E-state index is 3.34. The van der Waals surface area contributed by atoms with E-state index in [0.717, 1.165) is 6.04 Å². The largest absolute Gasteiger partial charge is 0.317 e. The standard InChI is InChI=1S/C9H20N2/c1-3-6-11-7-4-9(10-2)5-8-11/h9-10H,3-8H2,1-2H3. The Morgan fingerprint density at radius 2 is 2.00 bits per heavy atom. The Morgan fingerprint density at radius 3 is 2.45 bits per heavy atom. The molecule has 0 unspecified atom stereocenters. The number of rotatable bonds is 3. The quantitative estimate of drug-likeness (QED) is 0.658. The second kappa shape index (κ2) is 4.73. The highest BCUT2D eigenvalue weighted by atomic mass is 15.1. The molecule has 0 amide bonds. The van der Waals surface area contributed by atoms with Gasteiger partial charge in [0.15, 0.2) is 0 Å². The summed E-state index contributed by atoms with van der Waals surface area (Å²) in [6.45, 7) is 6.12. The number of hydrogen-bond donors (Lipinski definition) is 1. The van der Waals surface area contributed by atoms with E-state index in [1.54, 1.807) is 0 Å². The number of nitrogens with one attached hydrogen (secondary N) is 1. The summed E-state index contributed by atoms with van der Waals surface area (Å²) in [5, 5.41) is 3.34. The summed E-state index contributed by atoms with van der Waals surface area (Å²) in [4.78, 5) is 2.56. The van der Waals surface area contributed by atoms with Crippen molar-refractivity contribution in [2.24, 2.45) is 0 Å². The first-order chi connectivity index (χ1) is 5.36. The van der Waals surface area contributed by atoms with Crippen LogP contribution in [-0.2, 0) is 0 Å². The zero-order chi connectivity index (χ0) is 8.10. The Bertz CT molecular complexity index is 95.7. The number of nitrogens with zero attached hydrogens (tertiary/aromatic N) is 1. The van der Waals surface area contributed by atoms with Crippen LogP contribution in [0.15, 0.2) is 0 Å². The fraction of sp³-hybridized carbons (Fsp3) is 1.00. The van der Waals surface area contributed by atoms with Gasteiger partial charge in [-0.25, -0.2) is 0 Å². The molecule has 0 saturated carbocycles. The molecule has 1 aliphatic heterocycles. The molecule has 0 radical (unpaired) electrons. The number of piperidine rings is 1. The molecule has 0 bridgehead atoms. The highest BCUT2D eigenvalue weighted by molar-refractivity contribution is 4.75. The van der Waals surface area contributed by atoms with E-state index < -0.39 is 0 Å². The molecule has 0 spiro atoms. The van der Waals surface area contributed by atoms with Gasteiger partial charge in [-0.3, -0.25) is 0 Å². The fourth-order valence-electron chi connectivity index (χ4n) is 1.76. The molecular weight excluding hydrogens is 136 g/mol. The smallest absolute Gasteiger partial charge is 0.00884 e. The Balaban J connectivity index is 2.14. The van der Waals surface area contributed by atoms with Crippen LogP contribution in [0.1, 0.15) is 26.2 Å². The van der Waals surface area contributed by atoms with Gasteiger partial charge in [0.2, 0.25) is 0 Å². The zero-order valence-corrected chi connectivity index (χ0v) is 7.77. The van der Waals surface area contributed by atoms with Crippen molar-refractivity contribution >= 4 is 0 Å². The minimum Gasteiger partial charge on any atom is -0.317 e. The van der Waals surface area contributed by atoms with Crippen LogP contribution in [-0.4, -0.2) is 37.6 Å². The van der Waals surface area contributed by atoms with Crippen molar-refractivity contribution in [3.05, 3.63) is 0 Å². The van der Waals surface area contributed by atoms with E-state index in [2.05, 4.69) is 24.2 Å². The monoisotopic (exact) mass is 156 g/mol. The fourth-order valence-corrected chi connectivity index (χ4v) is 1.76. The Hall–Kier alpha value is -0.0800.